The van der Waals surface area contributed by atoms with Crippen LogP contribution in [-0.4, -0.2) is 4.57 Å². The fourth-order valence-corrected chi connectivity index (χ4v) is 3.47. The van der Waals surface area contributed by atoms with Crippen LogP contribution in [0, 0.1) is 11.6 Å². The predicted molar refractivity (Wildman–Crippen MR) is 88.7 cm³/mol. The van der Waals surface area contributed by atoms with Crippen LogP contribution in [0.5, 0.6) is 0 Å². The summed E-state index contributed by atoms with van der Waals surface area (Å²) in [5.41, 5.74) is 2.34. The molecule has 0 aliphatic rings. The van der Waals surface area contributed by atoms with Crippen LogP contribution in [0.3, 0.4) is 0 Å². The zero-order chi connectivity index (χ0) is 16.6. The molecule has 6 heteroatoms. The fourth-order valence-electron chi connectivity index (χ4n) is 2.52. The standard InChI is InChI=1S/C17H16F2N2OS/c1-10(13-5-4-12(18)8-14(13)19)20-9-11-3-6-15-16(7-11)23-17(22)21(15)2/h3-8,10,20H,9H2,1-2H3. The molecule has 1 heterocycles. The van der Waals surface area contributed by atoms with Crippen molar-refractivity contribution >= 4 is 21.6 Å². The molecule has 1 aromatic heterocycles. The van der Waals surface area contributed by atoms with Gasteiger partial charge >= 0.3 is 4.87 Å². The number of thiazole rings is 1. The lowest BCUT2D eigenvalue weighted by molar-refractivity contribution is 0.518. The Hall–Kier alpha value is -2.05. The zero-order valence-electron chi connectivity index (χ0n) is 12.8. The molecule has 3 rings (SSSR count). The van der Waals surface area contributed by atoms with Crippen molar-refractivity contribution in [2.45, 2.75) is 19.5 Å². The molecule has 0 fully saturated rings. The van der Waals surface area contributed by atoms with Crippen LogP contribution >= 0.6 is 11.3 Å². The third-order valence-corrected chi connectivity index (χ3v) is 4.89. The highest BCUT2D eigenvalue weighted by Crippen LogP contribution is 2.20. The van der Waals surface area contributed by atoms with E-state index in [9.17, 15) is 13.6 Å². The lowest BCUT2D eigenvalue weighted by atomic mass is 10.1. The van der Waals surface area contributed by atoms with E-state index in [1.54, 1.807) is 11.6 Å². The van der Waals surface area contributed by atoms with Crippen molar-refractivity contribution in [1.29, 1.82) is 0 Å². The Morgan fingerprint density at radius 2 is 2.00 bits per heavy atom. The van der Waals surface area contributed by atoms with Crippen LogP contribution < -0.4 is 10.2 Å². The van der Waals surface area contributed by atoms with Crippen LogP contribution in [-0.2, 0) is 13.6 Å². The number of nitrogens with one attached hydrogen (secondary N) is 1. The molecule has 0 aliphatic carbocycles. The van der Waals surface area contributed by atoms with Gasteiger partial charge in [-0.2, -0.15) is 0 Å². The van der Waals surface area contributed by atoms with Gasteiger partial charge in [-0.1, -0.05) is 23.5 Å². The van der Waals surface area contributed by atoms with Gasteiger partial charge in [-0.15, -0.1) is 0 Å². The Morgan fingerprint density at radius 3 is 2.74 bits per heavy atom. The van der Waals surface area contributed by atoms with E-state index < -0.39 is 11.6 Å². The smallest absolute Gasteiger partial charge is 0.306 e. The van der Waals surface area contributed by atoms with Gasteiger partial charge in [-0.05, 0) is 30.7 Å². The molecule has 0 radical (unpaired) electrons. The summed E-state index contributed by atoms with van der Waals surface area (Å²) in [6.45, 7) is 2.36. The van der Waals surface area contributed by atoms with E-state index in [1.165, 1.54) is 23.5 Å². The Bertz CT molecular complexity index is 917. The fraction of sp³-hybridized carbons (Fsp3) is 0.235. The maximum absolute atomic E-state index is 13.8. The molecule has 23 heavy (non-hydrogen) atoms. The zero-order valence-corrected chi connectivity index (χ0v) is 13.6. The molecule has 2 aromatic carbocycles. The largest absolute Gasteiger partial charge is 0.307 e. The summed E-state index contributed by atoms with van der Waals surface area (Å²) < 4.78 is 29.3. The van der Waals surface area contributed by atoms with Crippen molar-refractivity contribution in [2.75, 3.05) is 0 Å². The lowest BCUT2D eigenvalue weighted by Crippen LogP contribution is -2.19. The van der Waals surface area contributed by atoms with Crippen LogP contribution in [0.15, 0.2) is 41.2 Å². The molecule has 1 unspecified atom stereocenters. The van der Waals surface area contributed by atoms with Gasteiger partial charge in [0.05, 0.1) is 10.2 Å². The summed E-state index contributed by atoms with van der Waals surface area (Å²) >= 11 is 1.21. The number of nitrogens with zero attached hydrogens (tertiary/aromatic N) is 1. The number of hydrogen-bond donors (Lipinski definition) is 1. The van der Waals surface area contributed by atoms with E-state index in [1.807, 2.05) is 25.1 Å². The molecule has 1 N–H and O–H groups in total. The normalized spacial score (nSPS) is 12.7. The second-order valence-electron chi connectivity index (χ2n) is 5.50. The topological polar surface area (TPSA) is 34.0 Å². The summed E-state index contributed by atoms with van der Waals surface area (Å²) in [5, 5.41) is 3.22. The van der Waals surface area contributed by atoms with Crippen LogP contribution in [0.2, 0.25) is 0 Å². The molecule has 120 valence electrons. The second kappa shape index (κ2) is 6.22. The first-order valence-corrected chi connectivity index (χ1v) is 8.04. The Morgan fingerprint density at radius 1 is 1.22 bits per heavy atom. The molecule has 3 aromatic rings. The van der Waals surface area contributed by atoms with Gasteiger partial charge in [0.1, 0.15) is 11.6 Å². The minimum atomic E-state index is -0.581. The first-order valence-electron chi connectivity index (χ1n) is 7.22. The molecule has 0 saturated carbocycles. The average Bonchev–Trinajstić information content (AvgIpc) is 2.79. The first kappa shape index (κ1) is 15.8. The molecule has 0 bridgehead atoms. The molecule has 0 saturated heterocycles. The lowest BCUT2D eigenvalue weighted by Gasteiger charge is -2.15. The third kappa shape index (κ3) is 3.18. The predicted octanol–water partition coefficient (Wildman–Crippen LogP) is 3.73. The molecule has 3 nitrogen and oxygen atoms in total. The molecular weight excluding hydrogens is 318 g/mol. The van der Waals surface area contributed by atoms with Gasteiger partial charge in [0.15, 0.2) is 0 Å². The number of rotatable bonds is 4. The van der Waals surface area contributed by atoms with Gasteiger partial charge in [-0.25, -0.2) is 8.78 Å². The van der Waals surface area contributed by atoms with E-state index in [2.05, 4.69) is 5.32 Å². The van der Waals surface area contributed by atoms with Crippen LogP contribution in [0.4, 0.5) is 8.78 Å². The van der Waals surface area contributed by atoms with E-state index in [0.717, 1.165) is 21.8 Å². The minimum Gasteiger partial charge on any atom is -0.306 e. The number of aromatic nitrogens is 1. The molecular formula is C17H16F2N2OS. The second-order valence-corrected chi connectivity index (χ2v) is 6.49. The number of hydrogen-bond acceptors (Lipinski definition) is 3. The van der Waals surface area contributed by atoms with Gasteiger partial charge in [-0.3, -0.25) is 4.79 Å². The van der Waals surface area contributed by atoms with E-state index in [4.69, 9.17) is 0 Å². The first-order chi connectivity index (χ1) is 11.0. The summed E-state index contributed by atoms with van der Waals surface area (Å²) in [7, 11) is 1.75. The van der Waals surface area contributed by atoms with Gasteiger partial charge < -0.3 is 9.88 Å². The number of fused-ring (bicyclic) bond motifs is 1. The number of aryl methyl sites for hydroxylation is 1. The highest BCUT2D eigenvalue weighted by Gasteiger charge is 2.12. The minimum absolute atomic E-state index is 0.00635. The van der Waals surface area contributed by atoms with Crippen molar-refractivity contribution in [2.24, 2.45) is 7.05 Å². The molecule has 0 aliphatic heterocycles. The average molecular weight is 334 g/mol. The van der Waals surface area contributed by atoms with Gasteiger partial charge in [0, 0.05) is 31.3 Å². The van der Waals surface area contributed by atoms with Gasteiger partial charge in [0.25, 0.3) is 0 Å². The van der Waals surface area contributed by atoms with Crippen molar-refractivity contribution in [3.8, 4) is 0 Å². The third-order valence-electron chi connectivity index (χ3n) is 3.90. The Labute approximate surface area is 136 Å². The van der Waals surface area contributed by atoms with E-state index in [0.29, 0.717) is 12.1 Å². The van der Waals surface area contributed by atoms with Crippen molar-refractivity contribution < 1.29 is 8.78 Å². The van der Waals surface area contributed by atoms with Gasteiger partial charge in [0.2, 0.25) is 0 Å². The summed E-state index contributed by atoms with van der Waals surface area (Å²) in [6.07, 6.45) is 0. The quantitative estimate of drug-likeness (QED) is 0.789. The van der Waals surface area contributed by atoms with Crippen LogP contribution in [0.25, 0.3) is 10.2 Å². The SMILES string of the molecule is CC(NCc1ccc2c(c1)sc(=O)n2C)c1ccc(F)cc1F. The maximum atomic E-state index is 13.8. The molecule has 0 spiro atoms. The van der Waals surface area contributed by atoms with Crippen LogP contribution in [0.1, 0.15) is 24.1 Å². The number of halogens is 2. The Kier molecular flexibility index (Phi) is 4.28. The van der Waals surface area contributed by atoms with Crippen molar-refractivity contribution in [1.82, 2.24) is 9.88 Å². The highest BCUT2D eigenvalue weighted by atomic mass is 32.1. The molecule has 0 amide bonds. The summed E-state index contributed by atoms with van der Waals surface area (Å²) in [4.78, 5) is 11.7. The van der Waals surface area contributed by atoms with Crippen molar-refractivity contribution in [3.05, 3.63) is 68.8 Å². The monoisotopic (exact) mass is 334 g/mol. The highest BCUT2D eigenvalue weighted by molar-refractivity contribution is 7.16. The van der Waals surface area contributed by atoms with E-state index in [-0.39, 0.29) is 10.9 Å². The summed E-state index contributed by atoms with van der Waals surface area (Å²) in [6, 6.07) is 9.16. The number of benzene rings is 2. The molecule has 1 atom stereocenters. The summed E-state index contributed by atoms with van der Waals surface area (Å²) in [5.74, 6) is -1.13. The van der Waals surface area contributed by atoms with Crippen molar-refractivity contribution in [3.63, 3.8) is 0 Å². The van der Waals surface area contributed by atoms with E-state index >= 15 is 0 Å². The Balaban J connectivity index is 1.76. The maximum Gasteiger partial charge on any atom is 0.307 e.